The highest BCUT2D eigenvalue weighted by Gasteiger charge is 2.59. The maximum absolute atomic E-state index is 11.8. The largest absolute Gasteiger partial charge is 0.477 e. The molecule has 1 fully saturated rings. The van der Waals surface area contributed by atoms with Crippen molar-refractivity contribution in [1.29, 1.82) is 0 Å². The van der Waals surface area contributed by atoms with E-state index < -0.39 is 17.3 Å². The van der Waals surface area contributed by atoms with Crippen molar-refractivity contribution in [2.45, 2.75) is 25.8 Å². The van der Waals surface area contributed by atoms with Crippen molar-refractivity contribution >= 4 is 16.9 Å². The monoisotopic (exact) mass is 313 g/mol. The van der Waals surface area contributed by atoms with Crippen LogP contribution in [0.1, 0.15) is 35.2 Å². The van der Waals surface area contributed by atoms with Gasteiger partial charge in [0.05, 0.1) is 0 Å². The standard InChI is InChI=1S/C16H15N3O4/c1-8-3-4-11-10(5-8)6-12(13(20)21)19(11)16(7-9(16)2)14-17-15(22)23-18-14/h3-6,9H,7H2,1-2H3,(H,20,21)(H,17,18,22)/t9-,16-/m0/s1. The molecule has 1 saturated carbocycles. The van der Waals surface area contributed by atoms with Gasteiger partial charge in [0.1, 0.15) is 11.2 Å². The minimum Gasteiger partial charge on any atom is -0.477 e. The number of carboxylic acids is 1. The summed E-state index contributed by atoms with van der Waals surface area (Å²) in [4.78, 5) is 25.7. The number of benzene rings is 1. The first kappa shape index (κ1) is 13.8. The molecule has 1 aromatic carbocycles. The molecule has 0 amide bonds. The smallest absolute Gasteiger partial charge is 0.438 e. The molecule has 4 rings (SSSR count). The van der Waals surface area contributed by atoms with Crippen LogP contribution in [0.25, 0.3) is 10.9 Å². The van der Waals surface area contributed by atoms with Crippen LogP contribution in [0.15, 0.2) is 33.6 Å². The first-order valence-corrected chi connectivity index (χ1v) is 7.36. The summed E-state index contributed by atoms with van der Waals surface area (Å²) in [5.74, 6) is -1.14. The Balaban J connectivity index is 2.06. The number of carboxylic acid groups (broad SMARTS) is 1. The lowest BCUT2D eigenvalue weighted by atomic mass is 10.1. The van der Waals surface area contributed by atoms with Gasteiger partial charge in [0.25, 0.3) is 0 Å². The Morgan fingerprint density at radius 2 is 2.22 bits per heavy atom. The highest BCUT2D eigenvalue weighted by atomic mass is 16.5. The molecule has 0 bridgehead atoms. The lowest BCUT2D eigenvalue weighted by Crippen LogP contribution is -2.26. The zero-order valence-electron chi connectivity index (χ0n) is 12.7. The maximum atomic E-state index is 11.8. The predicted molar refractivity (Wildman–Crippen MR) is 81.6 cm³/mol. The van der Waals surface area contributed by atoms with Gasteiger partial charge < -0.3 is 9.67 Å². The number of aromatic carboxylic acids is 1. The van der Waals surface area contributed by atoms with Crippen LogP contribution in [-0.4, -0.2) is 25.8 Å². The zero-order valence-corrected chi connectivity index (χ0v) is 12.7. The van der Waals surface area contributed by atoms with Gasteiger partial charge in [-0.05, 0) is 37.5 Å². The number of aryl methyl sites for hydroxylation is 1. The Kier molecular flexibility index (Phi) is 2.61. The second-order valence-electron chi connectivity index (χ2n) is 6.21. The molecule has 1 aliphatic rings. The van der Waals surface area contributed by atoms with Crippen LogP contribution in [0, 0.1) is 12.8 Å². The Labute approximate surface area is 130 Å². The van der Waals surface area contributed by atoms with Crippen LogP contribution < -0.4 is 5.76 Å². The summed E-state index contributed by atoms with van der Waals surface area (Å²) in [6.45, 7) is 3.96. The molecule has 3 aromatic rings. The summed E-state index contributed by atoms with van der Waals surface area (Å²) in [6, 6.07) is 7.46. The first-order chi connectivity index (χ1) is 10.9. The number of rotatable bonds is 3. The third-order valence-corrected chi connectivity index (χ3v) is 4.70. The van der Waals surface area contributed by atoms with Gasteiger partial charge in [-0.3, -0.25) is 9.51 Å². The van der Waals surface area contributed by atoms with Gasteiger partial charge in [-0.1, -0.05) is 23.7 Å². The summed E-state index contributed by atoms with van der Waals surface area (Å²) in [5, 5.41) is 14.3. The average Bonchev–Trinajstić information content (AvgIpc) is 2.87. The predicted octanol–water partition coefficient (Wildman–Crippen LogP) is 2.11. The van der Waals surface area contributed by atoms with Crippen LogP contribution in [0.2, 0.25) is 0 Å². The number of aromatic amines is 1. The molecule has 2 heterocycles. The molecule has 0 spiro atoms. The van der Waals surface area contributed by atoms with Gasteiger partial charge in [-0.2, -0.15) is 0 Å². The van der Waals surface area contributed by atoms with Crippen molar-refractivity contribution in [3.05, 3.63) is 51.9 Å². The minimum absolute atomic E-state index is 0.137. The summed E-state index contributed by atoms with van der Waals surface area (Å²) in [6.07, 6.45) is 0.688. The Bertz CT molecular complexity index is 996. The van der Waals surface area contributed by atoms with Gasteiger partial charge >= 0.3 is 11.7 Å². The van der Waals surface area contributed by atoms with Crippen molar-refractivity contribution in [2.75, 3.05) is 0 Å². The third kappa shape index (κ3) is 1.79. The molecule has 0 radical (unpaired) electrons. The Morgan fingerprint density at radius 1 is 1.48 bits per heavy atom. The lowest BCUT2D eigenvalue weighted by Gasteiger charge is -2.19. The first-order valence-electron chi connectivity index (χ1n) is 7.36. The van der Waals surface area contributed by atoms with Gasteiger partial charge in [0.15, 0.2) is 5.82 Å². The van der Waals surface area contributed by atoms with Crippen LogP contribution in [0.5, 0.6) is 0 Å². The summed E-state index contributed by atoms with van der Waals surface area (Å²) < 4.78 is 6.41. The SMILES string of the molecule is Cc1ccc2c(c1)cc(C(=O)O)n2[C@@]1(c2noc(=O)[nH]2)C[C@@H]1C. The number of carbonyl (C=O) groups is 1. The molecule has 1 aliphatic carbocycles. The van der Waals surface area contributed by atoms with E-state index >= 15 is 0 Å². The van der Waals surface area contributed by atoms with Crippen LogP contribution in [0.4, 0.5) is 0 Å². The molecular weight excluding hydrogens is 298 g/mol. The molecule has 2 N–H and O–H groups in total. The molecule has 118 valence electrons. The van der Waals surface area contributed by atoms with E-state index in [0.717, 1.165) is 16.5 Å². The number of hydrogen-bond acceptors (Lipinski definition) is 4. The van der Waals surface area contributed by atoms with E-state index in [4.69, 9.17) is 0 Å². The fourth-order valence-electron chi connectivity index (χ4n) is 3.49. The van der Waals surface area contributed by atoms with Gasteiger partial charge in [-0.15, -0.1) is 0 Å². The maximum Gasteiger partial charge on any atom is 0.438 e. The van der Waals surface area contributed by atoms with Crippen molar-refractivity contribution in [3.63, 3.8) is 0 Å². The molecule has 23 heavy (non-hydrogen) atoms. The molecule has 2 aromatic heterocycles. The Hall–Kier alpha value is -2.83. The van der Waals surface area contributed by atoms with Crippen LogP contribution in [0.3, 0.4) is 0 Å². The number of aromatic nitrogens is 3. The van der Waals surface area contributed by atoms with Gasteiger partial charge in [-0.25, -0.2) is 9.59 Å². The van der Waals surface area contributed by atoms with Crippen LogP contribution in [-0.2, 0) is 5.54 Å². The molecular formula is C16H15N3O4. The normalized spacial score (nSPS) is 23.3. The van der Waals surface area contributed by atoms with Gasteiger partial charge in [0, 0.05) is 10.9 Å². The Morgan fingerprint density at radius 3 is 2.78 bits per heavy atom. The lowest BCUT2D eigenvalue weighted by molar-refractivity contribution is 0.0682. The fraction of sp³-hybridized carbons (Fsp3) is 0.312. The molecule has 0 saturated heterocycles. The van der Waals surface area contributed by atoms with Gasteiger partial charge in [0.2, 0.25) is 0 Å². The van der Waals surface area contributed by atoms with E-state index in [1.165, 1.54) is 0 Å². The summed E-state index contributed by atoms with van der Waals surface area (Å²) in [7, 11) is 0. The minimum atomic E-state index is -1.01. The number of nitrogens with one attached hydrogen (secondary N) is 1. The van der Waals surface area contributed by atoms with Crippen molar-refractivity contribution < 1.29 is 14.4 Å². The molecule has 2 atom stereocenters. The van der Waals surface area contributed by atoms with Crippen LogP contribution >= 0.6 is 0 Å². The highest BCUT2D eigenvalue weighted by molar-refractivity contribution is 5.95. The van der Waals surface area contributed by atoms with Crippen molar-refractivity contribution in [2.24, 2.45) is 5.92 Å². The zero-order chi connectivity index (χ0) is 16.4. The van der Waals surface area contributed by atoms with E-state index in [-0.39, 0.29) is 11.6 Å². The summed E-state index contributed by atoms with van der Waals surface area (Å²) >= 11 is 0. The fourth-order valence-corrected chi connectivity index (χ4v) is 3.49. The highest BCUT2D eigenvalue weighted by Crippen LogP contribution is 2.55. The van der Waals surface area contributed by atoms with E-state index in [1.807, 2.05) is 32.0 Å². The van der Waals surface area contributed by atoms with E-state index in [2.05, 4.69) is 14.7 Å². The van der Waals surface area contributed by atoms with Crippen molar-refractivity contribution in [3.8, 4) is 0 Å². The van der Waals surface area contributed by atoms with E-state index in [1.54, 1.807) is 10.6 Å². The number of H-pyrrole nitrogens is 1. The second kappa shape index (κ2) is 4.34. The second-order valence-corrected chi connectivity index (χ2v) is 6.21. The summed E-state index contributed by atoms with van der Waals surface area (Å²) in [5.41, 5.74) is 1.36. The topological polar surface area (TPSA) is 101 Å². The van der Waals surface area contributed by atoms with Crippen molar-refractivity contribution in [1.82, 2.24) is 14.7 Å². The molecule has 7 heteroatoms. The number of fused-ring (bicyclic) bond motifs is 1. The average molecular weight is 313 g/mol. The number of hydrogen-bond donors (Lipinski definition) is 2. The third-order valence-electron chi connectivity index (χ3n) is 4.70. The van der Waals surface area contributed by atoms with E-state index in [9.17, 15) is 14.7 Å². The molecule has 0 unspecified atom stereocenters. The van der Waals surface area contributed by atoms with E-state index in [0.29, 0.717) is 12.2 Å². The molecule has 0 aliphatic heterocycles. The molecule has 7 nitrogen and oxygen atoms in total. The number of nitrogens with zero attached hydrogens (tertiary/aromatic N) is 2. The quantitative estimate of drug-likeness (QED) is 0.771.